The fourth-order valence-electron chi connectivity index (χ4n) is 3.84. The second-order valence-electron chi connectivity index (χ2n) is 8.98. The van der Waals surface area contributed by atoms with Gasteiger partial charge in [-0.3, -0.25) is 14.4 Å². The van der Waals surface area contributed by atoms with Crippen molar-refractivity contribution >= 4 is 70.1 Å². The third-order valence-corrected chi connectivity index (χ3v) is 8.00. The second-order valence-corrected chi connectivity index (χ2v) is 11.1. The normalized spacial score (nSPS) is 11.9. The van der Waals surface area contributed by atoms with Crippen LogP contribution in [0.1, 0.15) is 29.3 Å². The van der Waals surface area contributed by atoms with Crippen LogP contribution in [0.2, 0.25) is 10.0 Å². The van der Waals surface area contributed by atoms with Crippen molar-refractivity contribution in [3.8, 4) is 0 Å². The van der Waals surface area contributed by atoms with Gasteiger partial charge >= 0.3 is 0 Å². The molecule has 0 radical (unpaired) electrons. The monoisotopic (exact) mass is 621 g/mol. The van der Waals surface area contributed by atoms with E-state index >= 15 is 0 Å². The third-order valence-electron chi connectivity index (χ3n) is 5.98. The molecule has 1 atom stereocenters. The van der Waals surface area contributed by atoms with Gasteiger partial charge in [-0.15, -0.1) is 11.8 Å². The summed E-state index contributed by atoms with van der Waals surface area (Å²) in [6.07, 6.45) is 1.73. The molecule has 0 saturated carbocycles. The highest BCUT2D eigenvalue weighted by molar-refractivity contribution is 8.00. The molecule has 10 heteroatoms. The largest absolute Gasteiger partial charge is 0.324 e. The van der Waals surface area contributed by atoms with Gasteiger partial charge in [0.2, 0.25) is 5.91 Å². The van der Waals surface area contributed by atoms with Gasteiger partial charge < -0.3 is 16.0 Å². The number of thioether (sulfide) groups is 1. The molecule has 1 unspecified atom stereocenters. The Morgan fingerprint density at radius 1 is 0.857 bits per heavy atom. The number of halogens is 3. The highest BCUT2D eigenvalue weighted by Crippen LogP contribution is 2.30. The number of anilines is 2. The number of amides is 3. The van der Waals surface area contributed by atoms with Crippen molar-refractivity contribution in [2.75, 3.05) is 10.6 Å². The molecule has 0 aliphatic rings. The Balaban J connectivity index is 1.54. The summed E-state index contributed by atoms with van der Waals surface area (Å²) < 4.78 is 14.6. The Hall–Kier alpha value is -4.11. The maximum Gasteiger partial charge on any atom is 0.272 e. The van der Waals surface area contributed by atoms with Crippen LogP contribution in [0.25, 0.3) is 6.08 Å². The first kappa shape index (κ1) is 30.8. The average molecular weight is 623 g/mol. The van der Waals surface area contributed by atoms with E-state index in [9.17, 15) is 18.8 Å². The van der Waals surface area contributed by atoms with Crippen LogP contribution < -0.4 is 16.0 Å². The van der Waals surface area contributed by atoms with Crippen LogP contribution in [0, 0.1) is 5.82 Å². The van der Waals surface area contributed by atoms with Crippen molar-refractivity contribution in [2.45, 2.75) is 23.5 Å². The summed E-state index contributed by atoms with van der Waals surface area (Å²) in [6.45, 7) is 1.90. The lowest BCUT2D eigenvalue weighted by Gasteiger charge is -2.16. The maximum absolute atomic E-state index is 14.6. The molecule has 6 nitrogen and oxygen atoms in total. The van der Waals surface area contributed by atoms with Gasteiger partial charge in [0, 0.05) is 21.7 Å². The van der Waals surface area contributed by atoms with Crippen LogP contribution in [0.3, 0.4) is 0 Å². The molecular formula is C32H26Cl2FN3O3S. The van der Waals surface area contributed by atoms with Crippen LogP contribution in [0.5, 0.6) is 0 Å². The van der Waals surface area contributed by atoms with Gasteiger partial charge in [-0.25, -0.2) is 4.39 Å². The van der Waals surface area contributed by atoms with E-state index in [4.69, 9.17) is 23.2 Å². The maximum atomic E-state index is 14.6. The highest BCUT2D eigenvalue weighted by Gasteiger charge is 2.20. The first-order valence-corrected chi connectivity index (χ1v) is 14.5. The van der Waals surface area contributed by atoms with Crippen molar-refractivity contribution < 1.29 is 18.8 Å². The minimum Gasteiger partial charge on any atom is -0.324 e. The van der Waals surface area contributed by atoms with Crippen molar-refractivity contribution in [1.29, 1.82) is 0 Å². The minimum atomic E-state index is -0.691. The third kappa shape index (κ3) is 8.22. The quantitative estimate of drug-likeness (QED) is 0.123. The zero-order chi connectivity index (χ0) is 30.1. The summed E-state index contributed by atoms with van der Waals surface area (Å²) in [4.78, 5) is 40.0. The predicted molar refractivity (Wildman–Crippen MR) is 168 cm³/mol. The molecule has 0 aliphatic carbocycles. The van der Waals surface area contributed by atoms with Crippen molar-refractivity contribution in [3.63, 3.8) is 0 Å². The fraction of sp³-hybridized carbons (Fsp3) is 0.0938. The lowest BCUT2D eigenvalue weighted by molar-refractivity contribution is -0.116. The molecular weight excluding hydrogens is 596 g/mol. The first-order chi connectivity index (χ1) is 20.2. The number of hydrogen-bond donors (Lipinski definition) is 3. The lowest BCUT2D eigenvalue weighted by atomic mass is 10.1. The molecule has 4 aromatic carbocycles. The lowest BCUT2D eigenvalue weighted by Crippen LogP contribution is -2.30. The Morgan fingerprint density at radius 2 is 1.55 bits per heavy atom. The molecule has 0 spiro atoms. The standard InChI is InChI=1S/C32H26Cl2FN3O3S/c1-2-29(32(41)37-27-17-7-6-14-25(27)34)42-22-13-8-12-21(18-22)36-31(40)28(19-23-24(33)15-9-16-26(23)35)38-30(39)20-10-4-3-5-11-20/h3-19,29H,2H2,1H3,(H,36,40)(H,37,41)(H,38,39)/b28-19+. The molecule has 0 saturated heterocycles. The van der Waals surface area contributed by atoms with E-state index in [0.29, 0.717) is 28.4 Å². The van der Waals surface area contributed by atoms with Gasteiger partial charge in [-0.1, -0.05) is 72.6 Å². The van der Waals surface area contributed by atoms with E-state index in [-0.39, 0.29) is 22.2 Å². The van der Waals surface area contributed by atoms with Crippen LogP contribution >= 0.6 is 35.0 Å². The molecule has 214 valence electrons. The molecule has 0 fully saturated rings. The number of rotatable bonds is 10. The second kappa shape index (κ2) is 14.7. The zero-order valence-corrected chi connectivity index (χ0v) is 24.7. The molecule has 0 bridgehead atoms. The van der Waals surface area contributed by atoms with Crippen LogP contribution in [0.4, 0.5) is 15.8 Å². The van der Waals surface area contributed by atoms with Gasteiger partial charge in [0.15, 0.2) is 0 Å². The Labute approximate surface area is 257 Å². The van der Waals surface area contributed by atoms with Crippen molar-refractivity contribution in [3.05, 3.63) is 130 Å². The molecule has 4 rings (SSSR count). The molecule has 0 heterocycles. The minimum absolute atomic E-state index is 0.0442. The first-order valence-electron chi connectivity index (χ1n) is 12.9. The zero-order valence-electron chi connectivity index (χ0n) is 22.4. The number of para-hydroxylation sites is 1. The van der Waals surface area contributed by atoms with Gasteiger partial charge in [-0.2, -0.15) is 0 Å². The molecule has 0 aromatic heterocycles. The Bertz CT molecular complexity index is 1610. The van der Waals surface area contributed by atoms with Crippen LogP contribution in [0.15, 0.2) is 108 Å². The summed E-state index contributed by atoms with van der Waals surface area (Å²) in [5, 5.41) is 8.26. The predicted octanol–water partition coefficient (Wildman–Crippen LogP) is 8.05. The van der Waals surface area contributed by atoms with Crippen molar-refractivity contribution in [2.24, 2.45) is 0 Å². The summed E-state index contributed by atoms with van der Waals surface area (Å²) in [6, 6.07) is 26.4. The van der Waals surface area contributed by atoms with Gasteiger partial charge in [0.05, 0.1) is 21.0 Å². The summed E-state index contributed by atoms with van der Waals surface area (Å²) in [5.41, 5.74) is 0.994. The van der Waals surface area contributed by atoms with Crippen molar-refractivity contribution in [1.82, 2.24) is 5.32 Å². The molecule has 3 N–H and O–H groups in total. The number of benzene rings is 4. The van der Waals surface area contributed by atoms with E-state index in [1.165, 1.54) is 36.0 Å². The van der Waals surface area contributed by atoms with E-state index in [2.05, 4.69) is 16.0 Å². The number of nitrogens with one attached hydrogen (secondary N) is 3. The van der Waals surface area contributed by atoms with Crippen LogP contribution in [-0.2, 0) is 9.59 Å². The number of carbonyl (C=O) groups excluding carboxylic acids is 3. The summed E-state index contributed by atoms with van der Waals surface area (Å²) in [5.74, 6) is -2.10. The summed E-state index contributed by atoms with van der Waals surface area (Å²) in [7, 11) is 0. The number of hydrogen-bond acceptors (Lipinski definition) is 4. The number of carbonyl (C=O) groups is 3. The fourth-order valence-corrected chi connectivity index (χ4v) is 5.26. The SMILES string of the molecule is CCC(Sc1cccc(NC(=O)/C(=C\c2c(F)cccc2Cl)NC(=O)c2ccccc2)c1)C(=O)Nc1ccccc1Cl. The summed E-state index contributed by atoms with van der Waals surface area (Å²) >= 11 is 13.7. The average Bonchev–Trinajstić information content (AvgIpc) is 2.99. The topological polar surface area (TPSA) is 87.3 Å². The van der Waals surface area contributed by atoms with Crippen LogP contribution in [-0.4, -0.2) is 23.0 Å². The Morgan fingerprint density at radius 3 is 2.26 bits per heavy atom. The van der Waals surface area contributed by atoms with Gasteiger partial charge in [-0.05, 0) is 67.1 Å². The van der Waals surface area contributed by atoms with E-state index in [1.807, 2.05) is 13.0 Å². The van der Waals surface area contributed by atoms with E-state index in [0.717, 1.165) is 4.90 Å². The van der Waals surface area contributed by atoms with E-state index < -0.39 is 22.9 Å². The molecule has 3 amide bonds. The highest BCUT2D eigenvalue weighted by atomic mass is 35.5. The van der Waals surface area contributed by atoms with Gasteiger partial charge in [0.1, 0.15) is 11.5 Å². The Kier molecular flexibility index (Phi) is 10.8. The smallest absolute Gasteiger partial charge is 0.272 e. The molecule has 42 heavy (non-hydrogen) atoms. The van der Waals surface area contributed by atoms with Gasteiger partial charge in [0.25, 0.3) is 11.8 Å². The molecule has 4 aromatic rings. The van der Waals surface area contributed by atoms with E-state index in [1.54, 1.807) is 72.8 Å². The molecule has 0 aliphatic heterocycles.